The molecule has 0 aliphatic rings. The zero-order valence-electron chi connectivity index (χ0n) is 7.70. The number of nitrogens with zero attached hydrogens (tertiary/aromatic N) is 5. The Morgan fingerprint density at radius 3 is 2.57 bits per heavy atom. The lowest BCUT2D eigenvalue weighted by molar-refractivity contribution is 0.764. The SMILES string of the molecule is Cn1cnc(N=Nc2ccccc2)n1. The van der Waals surface area contributed by atoms with E-state index >= 15 is 0 Å². The second kappa shape index (κ2) is 3.78. The number of azo groups is 1. The number of hydrogen-bond acceptors (Lipinski definition) is 4. The third kappa shape index (κ3) is 2.01. The van der Waals surface area contributed by atoms with Crippen LogP contribution in [-0.2, 0) is 7.05 Å². The molecule has 0 bridgehead atoms. The molecule has 0 radical (unpaired) electrons. The highest BCUT2D eigenvalue weighted by Crippen LogP contribution is 2.13. The minimum atomic E-state index is 0.372. The van der Waals surface area contributed by atoms with Gasteiger partial charge in [-0.3, -0.25) is 4.68 Å². The first-order chi connectivity index (χ1) is 6.84. The molecule has 0 spiro atoms. The summed E-state index contributed by atoms with van der Waals surface area (Å²) < 4.78 is 1.58. The molecule has 0 amide bonds. The number of aryl methyl sites for hydroxylation is 1. The Labute approximate surface area is 81.1 Å². The van der Waals surface area contributed by atoms with Crippen molar-refractivity contribution in [3.8, 4) is 0 Å². The molecule has 1 aromatic carbocycles. The molecule has 70 valence electrons. The molecule has 2 rings (SSSR count). The summed E-state index contributed by atoms with van der Waals surface area (Å²) in [5, 5.41) is 11.8. The van der Waals surface area contributed by atoms with E-state index in [9.17, 15) is 0 Å². The summed E-state index contributed by atoms with van der Waals surface area (Å²) in [6.45, 7) is 0. The van der Waals surface area contributed by atoms with Crippen molar-refractivity contribution in [3.63, 3.8) is 0 Å². The van der Waals surface area contributed by atoms with E-state index < -0.39 is 0 Å². The van der Waals surface area contributed by atoms with E-state index in [0.29, 0.717) is 5.95 Å². The summed E-state index contributed by atoms with van der Waals surface area (Å²) in [5.41, 5.74) is 0.792. The summed E-state index contributed by atoms with van der Waals surface area (Å²) in [6, 6.07) is 9.47. The average molecular weight is 187 g/mol. The highest BCUT2D eigenvalue weighted by Gasteiger charge is 1.93. The van der Waals surface area contributed by atoms with E-state index in [4.69, 9.17) is 0 Å². The molecule has 0 unspecified atom stereocenters. The topological polar surface area (TPSA) is 55.4 Å². The van der Waals surface area contributed by atoms with Crippen LogP contribution in [0.3, 0.4) is 0 Å². The second-order valence-electron chi connectivity index (χ2n) is 2.75. The van der Waals surface area contributed by atoms with Gasteiger partial charge in [0, 0.05) is 7.05 Å². The molecular formula is C9H9N5. The Bertz CT molecular complexity index is 431. The van der Waals surface area contributed by atoms with Crippen molar-refractivity contribution in [1.29, 1.82) is 0 Å². The molecule has 14 heavy (non-hydrogen) atoms. The van der Waals surface area contributed by atoms with Gasteiger partial charge in [0.15, 0.2) is 0 Å². The van der Waals surface area contributed by atoms with Gasteiger partial charge in [0.05, 0.1) is 5.69 Å². The smallest absolute Gasteiger partial charge is 0.254 e. The molecule has 0 saturated carbocycles. The van der Waals surface area contributed by atoms with Gasteiger partial charge >= 0.3 is 0 Å². The predicted molar refractivity (Wildman–Crippen MR) is 51.6 cm³/mol. The van der Waals surface area contributed by atoms with Gasteiger partial charge in [-0.25, -0.2) is 0 Å². The highest BCUT2D eigenvalue weighted by atomic mass is 15.4. The Hall–Kier alpha value is -2.04. The molecule has 0 aliphatic heterocycles. The van der Waals surface area contributed by atoms with Crippen molar-refractivity contribution in [3.05, 3.63) is 36.7 Å². The fraction of sp³-hybridized carbons (Fsp3) is 0.111. The highest BCUT2D eigenvalue weighted by molar-refractivity contribution is 5.35. The van der Waals surface area contributed by atoms with Crippen LogP contribution in [0.5, 0.6) is 0 Å². The molecule has 2 aromatic rings. The third-order valence-corrected chi connectivity index (χ3v) is 1.60. The van der Waals surface area contributed by atoms with E-state index in [1.54, 1.807) is 18.1 Å². The Balaban J connectivity index is 2.15. The summed E-state index contributed by atoms with van der Waals surface area (Å²) in [5.74, 6) is 0.372. The molecule has 0 atom stereocenters. The molecule has 5 heteroatoms. The van der Waals surface area contributed by atoms with E-state index in [0.717, 1.165) is 5.69 Å². The number of hydrogen-bond donors (Lipinski definition) is 0. The van der Waals surface area contributed by atoms with E-state index in [-0.39, 0.29) is 0 Å². The first kappa shape index (κ1) is 8.55. The van der Waals surface area contributed by atoms with Gasteiger partial charge < -0.3 is 0 Å². The van der Waals surface area contributed by atoms with Crippen molar-refractivity contribution in [2.75, 3.05) is 0 Å². The van der Waals surface area contributed by atoms with Crippen molar-refractivity contribution >= 4 is 11.6 Å². The maximum absolute atomic E-state index is 3.98. The Morgan fingerprint density at radius 2 is 1.93 bits per heavy atom. The standard InChI is InChI=1S/C9H9N5/c1-14-7-10-9(13-14)12-11-8-5-3-2-4-6-8/h2-7H,1H3. The van der Waals surface area contributed by atoms with Crippen molar-refractivity contribution in [1.82, 2.24) is 14.8 Å². The van der Waals surface area contributed by atoms with Crippen molar-refractivity contribution in [2.24, 2.45) is 17.3 Å². The summed E-state index contributed by atoms with van der Waals surface area (Å²) in [4.78, 5) is 3.92. The summed E-state index contributed by atoms with van der Waals surface area (Å²) in [7, 11) is 1.79. The zero-order chi connectivity index (χ0) is 9.80. The molecule has 1 heterocycles. The molecule has 0 N–H and O–H groups in total. The maximum Gasteiger partial charge on any atom is 0.287 e. The van der Waals surface area contributed by atoms with Crippen molar-refractivity contribution < 1.29 is 0 Å². The van der Waals surface area contributed by atoms with Crippen LogP contribution >= 0.6 is 0 Å². The molecule has 0 aliphatic carbocycles. The van der Waals surface area contributed by atoms with Crippen LogP contribution in [0, 0.1) is 0 Å². The van der Waals surface area contributed by atoms with Gasteiger partial charge in [0.25, 0.3) is 5.95 Å². The van der Waals surface area contributed by atoms with E-state index in [2.05, 4.69) is 20.3 Å². The minimum Gasteiger partial charge on any atom is -0.254 e. The van der Waals surface area contributed by atoms with Crippen LogP contribution < -0.4 is 0 Å². The number of benzene rings is 1. The van der Waals surface area contributed by atoms with Gasteiger partial charge in [-0.05, 0) is 12.1 Å². The van der Waals surface area contributed by atoms with Gasteiger partial charge in [-0.15, -0.1) is 15.3 Å². The molecule has 0 fully saturated rings. The normalized spacial score (nSPS) is 10.9. The van der Waals surface area contributed by atoms with Crippen LogP contribution in [0.25, 0.3) is 0 Å². The predicted octanol–water partition coefficient (Wildman–Crippen LogP) is 2.23. The first-order valence-corrected chi connectivity index (χ1v) is 4.17. The third-order valence-electron chi connectivity index (χ3n) is 1.60. The molecule has 0 saturated heterocycles. The Morgan fingerprint density at radius 1 is 1.14 bits per heavy atom. The zero-order valence-corrected chi connectivity index (χ0v) is 7.70. The molecular weight excluding hydrogens is 178 g/mol. The maximum atomic E-state index is 3.98. The van der Waals surface area contributed by atoms with E-state index in [1.165, 1.54) is 0 Å². The quantitative estimate of drug-likeness (QED) is 0.677. The van der Waals surface area contributed by atoms with Crippen LogP contribution in [0.4, 0.5) is 11.6 Å². The monoisotopic (exact) mass is 187 g/mol. The summed E-state index contributed by atoms with van der Waals surface area (Å²) >= 11 is 0. The van der Waals surface area contributed by atoms with Gasteiger partial charge in [0.1, 0.15) is 6.33 Å². The van der Waals surface area contributed by atoms with E-state index in [1.807, 2.05) is 30.3 Å². The number of rotatable bonds is 2. The van der Waals surface area contributed by atoms with Gasteiger partial charge in [-0.2, -0.15) is 4.98 Å². The fourth-order valence-electron chi connectivity index (χ4n) is 0.971. The van der Waals surface area contributed by atoms with Crippen LogP contribution in [0.2, 0.25) is 0 Å². The average Bonchev–Trinajstić information content (AvgIpc) is 2.63. The van der Waals surface area contributed by atoms with Crippen LogP contribution in [-0.4, -0.2) is 14.8 Å². The van der Waals surface area contributed by atoms with Gasteiger partial charge in [-0.1, -0.05) is 18.2 Å². The van der Waals surface area contributed by atoms with Crippen LogP contribution in [0.15, 0.2) is 46.9 Å². The number of aromatic nitrogens is 3. The fourth-order valence-corrected chi connectivity index (χ4v) is 0.971. The minimum absolute atomic E-state index is 0.372. The largest absolute Gasteiger partial charge is 0.287 e. The lowest BCUT2D eigenvalue weighted by Crippen LogP contribution is -1.84. The Kier molecular flexibility index (Phi) is 2.31. The lowest BCUT2D eigenvalue weighted by atomic mass is 10.3. The molecule has 5 nitrogen and oxygen atoms in total. The lowest BCUT2D eigenvalue weighted by Gasteiger charge is -1.87. The first-order valence-electron chi connectivity index (χ1n) is 4.17. The molecule has 1 aromatic heterocycles. The van der Waals surface area contributed by atoms with Crippen molar-refractivity contribution in [2.45, 2.75) is 0 Å². The summed E-state index contributed by atoms with van der Waals surface area (Å²) in [6.07, 6.45) is 1.58. The second-order valence-corrected chi connectivity index (χ2v) is 2.75. The van der Waals surface area contributed by atoms with Gasteiger partial charge in [0.2, 0.25) is 0 Å². The van der Waals surface area contributed by atoms with Crippen LogP contribution in [0.1, 0.15) is 0 Å².